The summed E-state index contributed by atoms with van der Waals surface area (Å²) in [7, 11) is 3.11. The van der Waals surface area contributed by atoms with Gasteiger partial charge in [-0.25, -0.2) is 14.4 Å². The number of hydrogen-bond acceptors (Lipinski definition) is 6. The van der Waals surface area contributed by atoms with Gasteiger partial charge in [0.15, 0.2) is 0 Å². The number of rotatable bonds is 7. The highest BCUT2D eigenvalue weighted by molar-refractivity contribution is 5.92. The predicted octanol–water partition coefficient (Wildman–Crippen LogP) is 3.61. The van der Waals surface area contributed by atoms with Gasteiger partial charge in [-0.05, 0) is 31.2 Å². The highest BCUT2D eigenvalue weighted by atomic mass is 19.1. The summed E-state index contributed by atoms with van der Waals surface area (Å²) in [5.74, 6) is 0.622. The average molecular weight is 396 g/mol. The van der Waals surface area contributed by atoms with E-state index in [0.29, 0.717) is 28.4 Å². The first-order valence-electron chi connectivity index (χ1n) is 8.86. The molecule has 1 aromatic heterocycles. The molecule has 0 radical (unpaired) electrons. The molecule has 0 saturated carbocycles. The summed E-state index contributed by atoms with van der Waals surface area (Å²) in [6, 6.07) is 13.1. The molecule has 0 unspecified atom stereocenters. The number of aromatic nitrogens is 2. The van der Waals surface area contributed by atoms with Crippen LogP contribution in [0.1, 0.15) is 21.7 Å². The summed E-state index contributed by atoms with van der Waals surface area (Å²) in [6.07, 6.45) is 0. The standard InChI is InChI=1S/C21H21FN4O3/c1-13-10-18(20(27)23-12-14-6-4-5-7-16(14)22)26-21(24-13)25-17-11-15(28-2)8-9-19(17)29-3/h4-11H,12H2,1-3H3,(H,23,27)(H,24,25,26). The number of anilines is 2. The molecule has 0 atom stereocenters. The van der Waals surface area contributed by atoms with Gasteiger partial charge in [-0.15, -0.1) is 0 Å². The van der Waals surface area contributed by atoms with E-state index in [2.05, 4.69) is 20.6 Å². The Morgan fingerprint density at radius 2 is 1.86 bits per heavy atom. The minimum Gasteiger partial charge on any atom is -0.497 e. The molecule has 0 bridgehead atoms. The third-order valence-electron chi connectivity index (χ3n) is 4.14. The second-order valence-corrected chi connectivity index (χ2v) is 6.18. The Kier molecular flexibility index (Phi) is 6.23. The number of halogens is 1. The Labute approximate surface area is 167 Å². The first-order chi connectivity index (χ1) is 14.0. The number of carbonyl (C=O) groups is 1. The highest BCUT2D eigenvalue weighted by Gasteiger charge is 2.13. The van der Waals surface area contributed by atoms with Crippen LogP contribution in [0, 0.1) is 12.7 Å². The van der Waals surface area contributed by atoms with Gasteiger partial charge in [0.05, 0.1) is 19.9 Å². The van der Waals surface area contributed by atoms with E-state index in [1.54, 1.807) is 63.6 Å². The monoisotopic (exact) mass is 396 g/mol. The van der Waals surface area contributed by atoms with E-state index in [-0.39, 0.29) is 24.0 Å². The quantitative estimate of drug-likeness (QED) is 0.635. The van der Waals surface area contributed by atoms with Crippen LogP contribution in [0.4, 0.5) is 16.0 Å². The molecule has 0 spiro atoms. The van der Waals surface area contributed by atoms with Crippen LogP contribution in [-0.4, -0.2) is 30.1 Å². The van der Waals surface area contributed by atoms with E-state index in [9.17, 15) is 9.18 Å². The lowest BCUT2D eigenvalue weighted by atomic mass is 10.2. The van der Waals surface area contributed by atoms with E-state index in [0.717, 1.165) is 0 Å². The lowest BCUT2D eigenvalue weighted by Gasteiger charge is -2.13. The van der Waals surface area contributed by atoms with Gasteiger partial charge in [-0.2, -0.15) is 0 Å². The minimum absolute atomic E-state index is 0.0566. The van der Waals surface area contributed by atoms with Crippen LogP contribution < -0.4 is 20.1 Å². The summed E-state index contributed by atoms with van der Waals surface area (Å²) in [5, 5.41) is 5.72. The number of carbonyl (C=O) groups excluding carboxylic acids is 1. The molecule has 0 aliphatic rings. The van der Waals surface area contributed by atoms with Crippen molar-refractivity contribution in [1.82, 2.24) is 15.3 Å². The minimum atomic E-state index is -0.431. The number of amides is 1. The van der Waals surface area contributed by atoms with Gasteiger partial charge in [0, 0.05) is 23.9 Å². The summed E-state index contributed by atoms with van der Waals surface area (Å²) in [6.45, 7) is 1.81. The lowest BCUT2D eigenvalue weighted by molar-refractivity contribution is 0.0945. The number of nitrogens with one attached hydrogen (secondary N) is 2. The van der Waals surface area contributed by atoms with Crippen molar-refractivity contribution in [1.29, 1.82) is 0 Å². The van der Waals surface area contributed by atoms with Crippen molar-refractivity contribution in [2.24, 2.45) is 0 Å². The van der Waals surface area contributed by atoms with E-state index in [1.807, 2.05) is 0 Å². The van der Waals surface area contributed by atoms with Crippen LogP contribution >= 0.6 is 0 Å². The van der Waals surface area contributed by atoms with E-state index in [1.165, 1.54) is 6.07 Å². The predicted molar refractivity (Wildman–Crippen MR) is 107 cm³/mol. The van der Waals surface area contributed by atoms with E-state index >= 15 is 0 Å². The second-order valence-electron chi connectivity index (χ2n) is 6.18. The maximum atomic E-state index is 13.7. The molecule has 0 aliphatic carbocycles. The fourth-order valence-electron chi connectivity index (χ4n) is 2.68. The molecule has 2 aromatic carbocycles. The third kappa shape index (κ3) is 4.98. The zero-order chi connectivity index (χ0) is 20.8. The third-order valence-corrected chi connectivity index (χ3v) is 4.14. The zero-order valence-corrected chi connectivity index (χ0v) is 16.3. The maximum Gasteiger partial charge on any atom is 0.270 e. The molecule has 8 heteroatoms. The SMILES string of the molecule is COc1ccc(OC)c(Nc2nc(C)cc(C(=O)NCc3ccccc3F)n2)c1. The van der Waals surface area contributed by atoms with Gasteiger partial charge in [-0.1, -0.05) is 18.2 Å². The second kappa shape index (κ2) is 9.01. The number of benzene rings is 2. The van der Waals surface area contributed by atoms with Gasteiger partial charge in [0.1, 0.15) is 23.0 Å². The molecule has 7 nitrogen and oxygen atoms in total. The van der Waals surface area contributed by atoms with Crippen molar-refractivity contribution < 1.29 is 18.7 Å². The van der Waals surface area contributed by atoms with Crippen molar-refractivity contribution in [3.05, 3.63) is 71.3 Å². The summed E-state index contributed by atoms with van der Waals surface area (Å²) in [5.41, 5.74) is 1.75. The molecule has 29 heavy (non-hydrogen) atoms. The first kappa shape index (κ1) is 20.1. The highest BCUT2D eigenvalue weighted by Crippen LogP contribution is 2.30. The van der Waals surface area contributed by atoms with E-state index in [4.69, 9.17) is 9.47 Å². The van der Waals surface area contributed by atoms with Crippen molar-refractivity contribution in [2.45, 2.75) is 13.5 Å². The smallest absolute Gasteiger partial charge is 0.270 e. The first-order valence-corrected chi connectivity index (χ1v) is 8.86. The fraction of sp³-hybridized carbons (Fsp3) is 0.190. The Morgan fingerprint density at radius 1 is 1.07 bits per heavy atom. The van der Waals surface area contributed by atoms with Crippen LogP contribution in [0.15, 0.2) is 48.5 Å². The number of hydrogen-bond donors (Lipinski definition) is 2. The lowest BCUT2D eigenvalue weighted by Crippen LogP contribution is -2.25. The molecule has 150 valence electrons. The molecule has 1 heterocycles. The van der Waals surface area contributed by atoms with Gasteiger partial charge in [-0.3, -0.25) is 4.79 Å². The molecule has 3 rings (SSSR count). The van der Waals surface area contributed by atoms with Gasteiger partial charge in [0.25, 0.3) is 5.91 Å². The van der Waals surface area contributed by atoms with Crippen molar-refractivity contribution in [2.75, 3.05) is 19.5 Å². The van der Waals surface area contributed by atoms with E-state index < -0.39 is 5.91 Å². The number of methoxy groups -OCH3 is 2. The molecular weight excluding hydrogens is 375 g/mol. The number of aryl methyl sites for hydroxylation is 1. The summed E-state index contributed by atoms with van der Waals surface area (Å²) in [4.78, 5) is 21.1. The van der Waals surface area contributed by atoms with Crippen molar-refractivity contribution in [3.63, 3.8) is 0 Å². The molecule has 3 aromatic rings. The Morgan fingerprint density at radius 3 is 2.59 bits per heavy atom. The largest absolute Gasteiger partial charge is 0.497 e. The van der Waals surface area contributed by atoms with Crippen LogP contribution in [0.5, 0.6) is 11.5 Å². The van der Waals surface area contributed by atoms with Crippen LogP contribution in [0.2, 0.25) is 0 Å². The Hall–Kier alpha value is -3.68. The summed E-state index contributed by atoms with van der Waals surface area (Å²) < 4.78 is 24.3. The molecule has 0 aliphatic heterocycles. The molecule has 0 saturated heterocycles. The fourth-order valence-corrected chi connectivity index (χ4v) is 2.68. The Bertz CT molecular complexity index is 1030. The number of ether oxygens (including phenoxy) is 2. The average Bonchev–Trinajstić information content (AvgIpc) is 2.72. The van der Waals surface area contributed by atoms with Gasteiger partial charge in [0.2, 0.25) is 5.95 Å². The van der Waals surface area contributed by atoms with Crippen LogP contribution in [0.3, 0.4) is 0 Å². The topological polar surface area (TPSA) is 85.4 Å². The van der Waals surface area contributed by atoms with Crippen molar-refractivity contribution in [3.8, 4) is 11.5 Å². The summed E-state index contributed by atoms with van der Waals surface area (Å²) >= 11 is 0. The van der Waals surface area contributed by atoms with Gasteiger partial charge < -0.3 is 20.1 Å². The van der Waals surface area contributed by atoms with Crippen LogP contribution in [-0.2, 0) is 6.54 Å². The normalized spacial score (nSPS) is 10.3. The molecule has 2 N–H and O–H groups in total. The Balaban J connectivity index is 1.79. The van der Waals surface area contributed by atoms with Crippen molar-refractivity contribution >= 4 is 17.5 Å². The van der Waals surface area contributed by atoms with Crippen LogP contribution in [0.25, 0.3) is 0 Å². The molecule has 0 fully saturated rings. The zero-order valence-electron chi connectivity index (χ0n) is 16.3. The number of nitrogens with zero attached hydrogens (tertiary/aromatic N) is 2. The molecule has 1 amide bonds. The maximum absolute atomic E-state index is 13.7. The molecular formula is C21H21FN4O3. The van der Waals surface area contributed by atoms with Gasteiger partial charge >= 0.3 is 0 Å².